The van der Waals surface area contributed by atoms with Gasteiger partial charge in [0.15, 0.2) is 5.82 Å². The first-order valence-electron chi connectivity index (χ1n) is 8.64. The zero-order chi connectivity index (χ0) is 17.4. The number of fused-ring (bicyclic) bond motifs is 2. The van der Waals surface area contributed by atoms with Crippen LogP contribution in [0.3, 0.4) is 0 Å². The van der Waals surface area contributed by atoms with Gasteiger partial charge in [0, 0.05) is 33.6 Å². The molecule has 2 aliphatic heterocycles. The Morgan fingerprint density at radius 3 is 2.92 bits per heavy atom. The van der Waals surface area contributed by atoms with Crippen molar-refractivity contribution in [3.05, 3.63) is 47.2 Å². The summed E-state index contributed by atoms with van der Waals surface area (Å²) < 4.78 is 5.79. The van der Waals surface area contributed by atoms with Crippen LogP contribution in [0, 0.1) is 5.92 Å². The minimum Gasteiger partial charge on any atom is -0.492 e. The van der Waals surface area contributed by atoms with Gasteiger partial charge in [-0.25, -0.2) is 0 Å². The predicted molar refractivity (Wildman–Crippen MR) is 94.6 cm³/mol. The SMILES string of the molecule is CN(C)c1cc2c(nn1)CCN(C(=O)C1COc3ccccc3C1)C2. The molecule has 0 N–H and O–H groups in total. The molecule has 2 aromatic rings. The molecule has 0 spiro atoms. The monoisotopic (exact) mass is 338 g/mol. The van der Waals surface area contributed by atoms with E-state index in [1.54, 1.807) is 0 Å². The van der Waals surface area contributed by atoms with Crippen molar-refractivity contribution in [3.8, 4) is 5.75 Å². The van der Waals surface area contributed by atoms with Crippen molar-refractivity contribution in [2.75, 3.05) is 32.1 Å². The quantitative estimate of drug-likeness (QED) is 0.834. The van der Waals surface area contributed by atoms with Crippen LogP contribution in [0.4, 0.5) is 5.82 Å². The van der Waals surface area contributed by atoms with E-state index in [-0.39, 0.29) is 11.8 Å². The molecule has 1 unspecified atom stereocenters. The van der Waals surface area contributed by atoms with Crippen molar-refractivity contribution < 1.29 is 9.53 Å². The highest BCUT2D eigenvalue weighted by atomic mass is 16.5. The number of para-hydroxylation sites is 1. The molecule has 0 aliphatic carbocycles. The zero-order valence-electron chi connectivity index (χ0n) is 14.6. The second-order valence-corrected chi connectivity index (χ2v) is 6.90. The third-order valence-electron chi connectivity index (χ3n) is 4.92. The summed E-state index contributed by atoms with van der Waals surface area (Å²) in [4.78, 5) is 16.9. The molecule has 130 valence electrons. The largest absolute Gasteiger partial charge is 0.492 e. The summed E-state index contributed by atoms with van der Waals surface area (Å²) >= 11 is 0. The molecule has 6 nitrogen and oxygen atoms in total. The molecule has 25 heavy (non-hydrogen) atoms. The topological polar surface area (TPSA) is 58.6 Å². The Kier molecular flexibility index (Phi) is 4.03. The fourth-order valence-corrected chi connectivity index (χ4v) is 3.47. The Morgan fingerprint density at radius 2 is 2.08 bits per heavy atom. The van der Waals surface area contributed by atoms with Crippen LogP contribution in [0.2, 0.25) is 0 Å². The van der Waals surface area contributed by atoms with Gasteiger partial charge in [0.2, 0.25) is 5.91 Å². The highest BCUT2D eigenvalue weighted by molar-refractivity contribution is 5.80. The van der Waals surface area contributed by atoms with Gasteiger partial charge in [0.05, 0.1) is 11.6 Å². The standard InChI is InChI=1S/C19H22N4O2/c1-22(2)18-10-14-11-23(8-7-16(14)20-21-18)19(24)15-9-13-5-3-4-6-17(13)25-12-15/h3-6,10,15H,7-9,11-12H2,1-2H3. The lowest BCUT2D eigenvalue weighted by atomic mass is 9.94. The summed E-state index contributed by atoms with van der Waals surface area (Å²) in [6, 6.07) is 10.0. The number of amides is 1. The molecule has 1 atom stereocenters. The van der Waals surface area contributed by atoms with E-state index in [0.717, 1.165) is 41.2 Å². The molecule has 0 radical (unpaired) electrons. The van der Waals surface area contributed by atoms with Gasteiger partial charge in [-0.2, -0.15) is 5.10 Å². The van der Waals surface area contributed by atoms with Gasteiger partial charge in [0.25, 0.3) is 0 Å². The van der Waals surface area contributed by atoms with E-state index in [9.17, 15) is 4.79 Å². The first-order valence-corrected chi connectivity index (χ1v) is 8.64. The summed E-state index contributed by atoms with van der Waals surface area (Å²) in [7, 11) is 3.89. The Hall–Kier alpha value is -2.63. The average Bonchev–Trinajstić information content (AvgIpc) is 2.66. The number of hydrogen-bond acceptors (Lipinski definition) is 5. The summed E-state index contributed by atoms with van der Waals surface area (Å²) in [5, 5.41) is 8.55. The Labute approximate surface area is 147 Å². The molecule has 0 bridgehead atoms. The Balaban J connectivity index is 1.50. The molecule has 2 aliphatic rings. The lowest BCUT2D eigenvalue weighted by Gasteiger charge is -2.33. The first-order chi connectivity index (χ1) is 12.1. The van der Waals surface area contributed by atoms with Gasteiger partial charge in [0.1, 0.15) is 12.4 Å². The molecule has 3 heterocycles. The normalized spacial score (nSPS) is 18.8. The van der Waals surface area contributed by atoms with E-state index in [4.69, 9.17) is 4.74 Å². The fourth-order valence-electron chi connectivity index (χ4n) is 3.47. The van der Waals surface area contributed by atoms with E-state index in [2.05, 4.69) is 10.2 Å². The van der Waals surface area contributed by atoms with Gasteiger partial charge in [-0.15, -0.1) is 5.10 Å². The van der Waals surface area contributed by atoms with Gasteiger partial charge in [-0.3, -0.25) is 4.79 Å². The van der Waals surface area contributed by atoms with Crippen molar-refractivity contribution in [2.45, 2.75) is 19.4 Å². The third-order valence-corrected chi connectivity index (χ3v) is 4.92. The molecule has 1 aromatic heterocycles. The second kappa shape index (κ2) is 6.35. The number of benzene rings is 1. The summed E-state index contributed by atoms with van der Waals surface area (Å²) in [5.41, 5.74) is 3.21. The van der Waals surface area contributed by atoms with Crippen molar-refractivity contribution in [3.63, 3.8) is 0 Å². The van der Waals surface area contributed by atoms with Crippen molar-refractivity contribution in [1.29, 1.82) is 0 Å². The van der Waals surface area contributed by atoms with E-state index < -0.39 is 0 Å². The highest BCUT2D eigenvalue weighted by Crippen LogP contribution is 2.29. The molecular weight excluding hydrogens is 316 g/mol. The van der Waals surface area contributed by atoms with Crippen LogP contribution in [0.1, 0.15) is 16.8 Å². The van der Waals surface area contributed by atoms with Crippen LogP contribution in [0.15, 0.2) is 30.3 Å². The molecule has 0 fully saturated rings. The smallest absolute Gasteiger partial charge is 0.229 e. The van der Waals surface area contributed by atoms with Crippen LogP contribution in [-0.2, 0) is 24.2 Å². The van der Waals surface area contributed by atoms with Gasteiger partial charge < -0.3 is 14.5 Å². The summed E-state index contributed by atoms with van der Waals surface area (Å²) in [5.74, 6) is 1.78. The van der Waals surface area contributed by atoms with E-state index >= 15 is 0 Å². The average molecular weight is 338 g/mol. The Morgan fingerprint density at radius 1 is 1.24 bits per heavy atom. The number of nitrogens with zero attached hydrogens (tertiary/aromatic N) is 4. The number of carbonyl (C=O) groups excluding carboxylic acids is 1. The zero-order valence-corrected chi connectivity index (χ0v) is 14.6. The molecule has 6 heteroatoms. The molecule has 4 rings (SSSR count). The number of carbonyl (C=O) groups is 1. The molecule has 1 aromatic carbocycles. The van der Waals surface area contributed by atoms with Crippen molar-refractivity contribution >= 4 is 11.7 Å². The van der Waals surface area contributed by atoms with Crippen LogP contribution in [0.5, 0.6) is 5.75 Å². The number of hydrogen-bond donors (Lipinski definition) is 0. The summed E-state index contributed by atoms with van der Waals surface area (Å²) in [6.07, 6.45) is 1.50. The van der Waals surface area contributed by atoms with E-state index in [1.165, 1.54) is 0 Å². The van der Waals surface area contributed by atoms with Crippen LogP contribution in [-0.4, -0.2) is 48.3 Å². The number of rotatable bonds is 2. The number of aromatic nitrogens is 2. The van der Waals surface area contributed by atoms with Gasteiger partial charge in [-0.05, 0) is 29.7 Å². The van der Waals surface area contributed by atoms with Crippen molar-refractivity contribution in [1.82, 2.24) is 15.1 Å². The molecule has 0 saturated carbocycles. The maximum absolute atomic E-state index is 13.0. The fraction of sp³-hybridized carbons (Fsp3) is 0.421. The first kappa shape index (κ1) is 15.9. The van der Waals surface area contributed by atoms with Gasteiger partial charge >= 0.3 is 0 Å². The lowest BCUT2D eigenvalue weighted by molar-refractivity contribution is -0.137. The third kappa shape index (κ3) is 3.04. The minimum atomic E-state index is -0.112. The number of ether oxygens (including phenoxy) is 1. The predicted octanol–water partition coefficient (Wildman–Crippen LogP) is 1.68. The van der Waals surface area contributed by atoms with Crippen LogP contribution in [0.25, 0.3) is 0 Å². The lowest BCUT2D eigenvalue weighted by Crippen LogP contribution is -2.43. The van der Waals surface area contributed by atoms with E-state index in [1.807, 2.05) is 54.2 Å². The molecule has 0 saturated heterocycles. The highest BCUT2D eigenvalue weighted by Gasteiger charge is 2.31. The van der Waals surface area contributed by atoms with Gasteiger partial charge in [-0.1, -0.05) is 18.2 Å². The Bertz CT molecular complexity index is 806. The van der Waals surface area contributed by atoms with E-state index in [0.29, 0.717) is 19.7 Å². The number of anilines is 1. The van der Waals surface area contributed by atoms with Crippen LogP contribution >= 0.6 is 0 Å². The maximum atomic E-state index is 13.0. The maximum Gasteiger partial charge on any atom is 0.229 e. The van der Waals surface area contributed by atoms with Crippen molar-refractivity contribution in [2.24, 2.45) is 5.92 Å². The minimum absolute atomic E-state index is 0.112. The second-order valence-electron chi connectivity index (χ2n) is 6.90. The summed E-state index contributed by atoms with van der Waals surface area (Å²) in [6.45, 7) is 1.75. The molecular formula is C19H22N4O2. The molecule has 1 amide bonds. The van der Waals surface area contributed by atoms with Crippen LogP contribution < -0.4 is 9.64 Å².